The molecule has 8 heteroatoms. The van der Waals surface area contributed by atoms with Gasteiger partial charge < -0.3 is 15.7 Å². The van der Waals surface area contributed by atoms with Crippen LogP contribution in [0.15, 0.2) is 60.7 Å². The van der Waals surface area contributed by atoms with Crippen molar-refractivity contribution in [1.82, 2.24) is 0 Å². The maximum atomic E-state index is 13.2. The van der Waals surface area contributed by atoms with Gasteiger partial charge >= 0.3 is 12.0 Å². The number of carbonyl (C=O) groups is 3. The number of benzene rings is 3. The molecule has 3 aromatic rings. The molecule has 0 bridgehead atoms. The molecule has 0 saturated carbocycles. The first kappa shape index (κ1) is 24.8. The fraction of sp³-hybridized carbons (Fsp3) is 0.222. The van der Waals surface area contributed by atoms with E-state index in [1.165, 1.54) is 0 Å². The van der Waals surface area contributed by atoms with E-state index in [1.54, 1.807) is 42.5 Å². The largest absolute Gasteiger partial charge is 0.481 e. The Morgan fingerprint density at radius 2 is 1.60 bits per heavy atom. The third-order valence-electron chi connectivity index (χ3n) is 6.51. The lowest BCUT2D eigenvalue weighted by Gasteiger charge is -2.35. The number of carboxylic acid groups (broad SMARTS) is 1. The quantitative estimate of drug-likeness (QED) is 0.324. The zero-order valence-corrected chi connectivity index (χ0v) is 20.5. The number of ketones is 1. The summed E-state index contributed by atoms with van der Waals surface area (Å²) in [6.45, 7) is 1.87. The summed E-state index contributed by atoms with van der Waals surface area (Å²) < 4.78 is 0. The monoisotopic (exact) mass is 510 g/mol. The van der Waals surface area contributed by atoms with Crippen LogP contribution in [0.1, 0.15) is 42.1 Å². The van der Waals surface area contributed by atoms with Gasteiger partial charge in [-0.05, 0) is 66.8 Å². The lowest BCUT2D eigenvalue weighted by atomic mass is 9.67. The van der Waals surface area contributed by atoms with Gasteiger partial charge in [-0.2, -0.15) is 0 Å². The topological polar surface area (TPSA) is 95.5 Å². The summed E-state index contributed by atoms with van der Waals surface area (Å²) in [4.78, 5) is 36.8. The SMILES string of the molecule is CCC1(CC(=O)O)CCc2cc(-c3ccc(NC(=O)Nc4ccc(Cl)cc4)cc3Cl)ccc2C1=O. The normalized spacial score (nSPS) is 16.9. The molecule has 1 unspecified atom stereocenters. The van der Waals surface area contributed by atoms with Gasteiger partial charge in [0.25, 0.3) is 0 Å². The summed E-state index contributed by atoms with van der Waals surface area (Å²) >= 11 is 12.4. The number of anilines is 2. The average Bonchev–Trinajstić information content (AvgIpc) is 2.82. The van der Waals surface area contributed by atoms with Crippen LogP contribution in [0.5, 0.6) is 0 Å². The number of Topliss-reactive ketones (excluding diaryl/α,β-unsaturated/α-hetero) is 1. The Labute approximate surface area is 213 Å². The minimum absolute atomic E-state index is 0.104. The predicted molar refractivity (Wildman–Crippen MR) is 139 cm³/mol. The van der Waals surface area contributed by atoms with Gasteiger partial charge in [0.2, 0.25) is 0 Å². The second kappa shape index (κ2) is 10.1. The molecule has 35 heavy (non-hydrogen) atoms. The molecule has 0 radical (unpaired) electrons. The van der Waals surface area contributed by atoms with Gasteiger partial charge in [0.15, 0.2) is 5.78 Å². The van der Waals surface area contributed by atoms with Gasteiger partial charge in [-0.15, -0.1) is 0 Å². The molecule has 0 aromatic heterocycles. The van der Waals surface area contributed by atoms with Crippen LogP contribution in [0.2, 0.25) is 10.0 Å². The van der Waals surface area contributed by atoms with Crippen molar-refractivity contribution in [1.29, 1.82) is 0 Å². The first-order valence-corrected chi connectivity index (χ1v) is 12.0. The summed E-state index contributed by atoms with van der Waals surface area (Å²) in [7, 11) is 0. The highest BCUT2D eigenvalue weighted by Crippen LogP contribution is 2.42. The second-order valence-electron chi connectivity index (χ2n) is 8.69. The highest BCUT2D eigenvalue weighted by atomic mass is 35.5. The van der Waals surface area contributed by atoms with Crippen molar-refractivity contribution in [2.45, 2.75) is 32.6 Å². The zero-order valence-electron chi connectivity index (χ0n) is 19.0. The third kappa shape index (κ3) is 5.34. The molecule has 4 rings (SSSR count). The molecular weight excluding hydrogens is 487 g/mol. The van der Waals surface area contributed by atoms with Crippen molar-refractivity contribution >= 4 is 52.4 Å². The lowest BCUT2D eigenvalue weighted by molar-refractivity contribution is -0.139. The number of fused-ring (bicyclic) bond motifs is 1. The van der Waals surface area contributed by atoms with Crippen molar-refractivity contribution in [3.05, 3.63) is 81.8 Å². The Morgan fingerprint density at radius 1 is 0.943 bits per heavy atom. The van der Waals surface area contributed by atoms with Gasteiger partial charge in [0.1, 0.15) is 0 Å². The van der Waals surface area contributed by atoms with Gasteiger partial charge in [-0.25, -0.2) is 4.79 Å². The number of aliphatic carboxylic acids is 1. The average molecular weight is 511 g/mol. The van der Waals surface area contributed by atoms with Gasteiger partial charge in [0.05, 0.1) is 11.4 Å². The highest BCUT2D eigenvalue weighted by molar-refractivity contribution is 6.33. The van der Waals surface area contributed by atoms with Crippen LogP contribution in [0, 0.1) is 5.41 Å². The molecule has 180 valence electrons. The van der Waals surface area contributed by atoms with Crippen LogP contribution in [0.4, 0.5) is 16.2 Å². The number of carboxylic acids is 1. The number of nitrogens with one attached hydrogen (secondary N) is 2. The fourth-order valence-electron chi connectivity index (χ4n) is 4.54. The van der Waals surface area contributed by atoms with E-state index in [-0.39, 0.29) is 12.2 Å². The Bertz CT molecular complexity index is 1310. The minimum Gasteiger partial charge on any atom is -0.481 e. The molecular formula is C27H24Cl2N2O4. The van der Waals surface area contributed by atoms with Crippen LogP contribution in [-0.4, -0.2) is 22.9 Å². The number of aryl methyl sites for hydroxylation is 1. The van der Waals surface area contributed by atoms with E-state index in [4.69, 9.17) is 23.2 Å². The Morgan fingerprint density at radius 3 is 2.26 bits per heavy atom. The molecule has 6 nitrogen and oxygen atoms in total. The van der Waals surface area contributed by atoms with Gasteiger partial charge in [-0.1, -0.05) is 54.4 Å². The van der Waals surface area contributed by atoms with Crippen molar-refractivity contribution in [2.75, 3.05) is 10.6 Å². The van der Waals surface area contributed by atoms with Crippen LogP contribution < -0.4 is 10.6 Å². The first-order valence-electron chi connectivity index (χ1n) is 11.2. The predicted octanol–water partition coefficient (Wildman–Crippen LogP) is 7.30. The van der Waals surface area contributed by atoms with Crippen LogP contribution in [-0.2, 0) is 11.2 Å². The van der Waals surface area contributed by atoms with E-state index in [9.17, 15) is 19.5 Å². The summed E-state index contributed by atoms with van der Waals surface area (Å²) in [5, 5.41) is 15.8. The van der Waals surface area contributed by atoms with E-state index in [1.807, 2.05) is 25.1 Å². The highest BCUT2D eigenvalue weighted by Gasteiger charge is 2.42. The maximum absolute atomic E-state index is 13.2. The van der Waals surface area contributed by atoms with Crippen molar-refractivity contribution in [2.24, 2.45) is 5.41 Å². The lowest BCUT2D eigenvalue weighted by Crippen LogP contribution is -2.37. The number of amides is 2. The molecule has 3 aromatic carbocycles. The fourth-order valence-corrected chi connectivity index (χ4v) is 4.95. The van der Waals surface area contributed by atoms with E-state index in [0.717, 1.165) is 16.7 Å². The molecule has 0 saturated heterocycles. The van der Waals surface area contributed by atoms with Crippen LogP contribution in [0.25, 0.3) is 11.1 Å². The Hall–Kier alpha value is -3.35. The molecule has 1 aliphatic rings. The molecule has 0 heterocycles. The Kier molecular flexibility index (Phi) is 7.15. The molecule has 2 amide bonds. The van der Waals surface area contributed by atoms with Crippen molar-refractivity contribution < 1.29 is 19.5 Å². The molecule has 1 aliphatic carbocycles. The summed E-state index contributed by atoms with van der Waals surface area (Å²) in [5.41, 5.74) is 3.37. The standard InChI is InChI=1S/C27H24Cl2N2O4/c1-2-27(15-24(32)33)12-11-17-13-16(3-9-22(17)25(27)34)21-10-8-20(14-23(21)29)31-26(35)30-19-6-4-18(28)5-7-19/h3-10,13-14H,2,11-12,15H2,1H3,(H,32,33)(H2,30,31,35). The maximum Gasteiger partial charge on any atom is 0.323 e. The molecule has 0 aliphatic heterocycles. The van der Waals surface area contributed by atoms with Crippen LogP contribution in [0.3, 0.4) is 0 Å². The number of hydrogen-bond donors (Lipinski definition) is 3. The zero-order chi connectivity index (χ0) is 25.2. The number of urea groups is 1. The summed E-state index contributed by atoms with van der Waals surface area (Å²) in [6.07, 6.45) is 1.46. The first-order chi connectivity index (χ1) is 16.7. The van der Waals surface area contributed by atoms with Gasteiger partial charge in [0, 0.05) is 32.9 Å². The second-order valence-corrected chi connectivity index (χ2v) is 9.53. The number of rotatable bonds is 6. The van der Waals surface area contributed by atoms with Crippen LogP contribution >= 0.6 is 23.2 Å². The van der Waals surface area contributed by atoms with E-state index < -0.39 is 17.4 Å². The molecule has 0 fully saturated rings. The van der Waals surface area contributed by atoms with E-state index >= 15 is 0 Å². The minimum atomic E-state index is -0.956. The number of halogens is 2. The van der Waals surface area contributed by atoms with Crippen molar-refractivity contribution in [3.63, 3.8) is 0 Å². The third-order valence-corrected chi connectivity index (χ3v) is 7.08. The summed E-state index contributed by atoms with van der Waals surface area (Å²) in [6, 6.07) is 17.1. The molecule has 1 atom stereocenters. The molecule has 0 spiro atoms. The van der Waals surface area contributed by atoms with E-state index in [2.05, 4.69) is 10.6 Å². The number of hydrogen-bond acceptors (Lipinski definition) is 3. The van der Waals surface area contributed by atoms with Gasteiger partial charge in [-0.3, -0.25) is 9.59 Å². The van der Waals surface area contributed by atoms with E-state index in [0.29, 0.717) is 46.2 Å². The number of carbonyl (C=O) groups excluding carboxylic acids is 2. The smallest absolute Gasteiger partial charge is 0.323 e. The Balaban J connectivity index is 1.51. The summed E-state index contributed by atoms with van der Waals surface area (Å²) in [5.74, 6) is -1.06. The molecule has 3 N–H and O–H groups in total. The van der Waals surface area contributed by atoms with Crippen molar-refractivity contribution in [3.8, 4) is 11.1 Å².